The molecule has 90 valence electrons. The molecule has 1 amide bonds. The van der Waals surface area contributed by atoms with Gasteiger partial charge < -0.3 is 16.0 Å². The molecule has 1 aliphatic heterocycles. The Morgan fingerprint density at radius 2 is 2.25 bits per heavy atom. The number of carbonyl (C=O) groups excluding carboxylic acids is 1. The third kappa shape index (κ3) is 4.21. The predicted molar refractivity (Wildman–Crippen MR) is 64.7 cm³/mol. The summed E-state index contributed by atoms with van der Waals surface area (Å²) < 4.78 is 0. The Bertz CT molecular complexity index is 259. The summed E-state index contributed by atoms with van der Waals surface area (Å²) in [7, 11) is 0. The van der Waals surface area contributed by atoms with Gasteiger partial charge in [0.1, 0.15) is 0 Å². The molecular formula is C12H21N3O. The highest BCUT2D eigenvalue weighted by Crippen LogP contribution is 2.16. The fraction of sp³-hybridized carbons (Fsp3) is 0.750. The van der Waals surface area contributed by atoms with E-state index < -0.39 is 0 Å². The van der Waals surface area contributed by atoms with Crippen molar-refractivity contribution in [3.05, 3.63) is 0 Å². The number of rotatable bonds is 7. The quantitative estimate of drug-likeness (QED) is 0.464. The Balaban J connectivity index is 2.05. The van der Waals surface area contributed by atoms with E-state index in [0.717, 1.165) is 45.6 Å². The molecule has 0 radical (unpaired) electrons. The van der Waals surface area contributed by atoms with Crippen molar-refractivity contribution in [2.24, 2.45) is 11.7 Å². The van der Waals surface area contributed by atoms with Crippen LogP contribution in [0, 0.1) is 18.3 Å². The van der Waals surface area contributed by atoms with E-state index in [1.54, 1.807) is 0 Å². The van der Waals surface area contributed by atoms with E-state index >= 15 is 0 Å². The Hall–Kier alpha value is -1.05. The molecule has 3 N–H and O–H groups in total. The zero-order chi connectivity index (χ0) is 11.8. The Labute approximate surface area is 97.6 Å². The second kappa shape index (κ2) is 7.26. The van der Waals surface area contributed by atoms with Crippen LogP contribution < -0.4 is 11.1 Å². The summed E-state index contributed by atoms with van der Waals surface area (Å²) in [6, 6.07) is 0. The Kier molecular flexibility index (Phi) is 5.91. The van der Waals surface area contributed by atoms with Crippen molar-refractivity contribution >= 4 is 5.91 Å². The first-order valence-electron chi connectivity index (χ1n) is 5.92. The van der Waals surface area contributed by atoms with Gasteiger partial charge in [-0.2, -0.15) is 0 Å². The van der Waals surface area contributed by atoms with Gasteiger partial charge in [0.25, 0.3) is 0 Å². The van der Waals surface area contributed by atoms with Gasteiger partial charge in [0.2, 0.25) is 5.91 Å². The minimum atomic E-state index is 0.123. The van der Waals surface area contributed by atoms with Gasteiger partial charge in [-0.05, 0) is 32.5 Å². The highest BCUT2D eigenvalue weighted by molar-refractivity contribution is 5.79. The van der Waals surface area contributed by atoms with Crippen LogP contribution in [-0.4, -0.2) is 43.5 Å². The second-order valence-corrected chi connectivity index (χ2v) is 4.15. The minimum Gasteiger partial charge on any atom is -0.341 e. The van der Waals surface area contributed by atoms with Crippen LogP contribution in [0.25, 0.3) is 0 Å². The normalized spacial score (nSPS) is 20.1. The lowest BCUT2D eigenvalue weighted by Gasteiger charge is -2.15. The van der Waals surface area contributed by atoms with E-state index in [2.05, 4.69) is 11.2 Å². The molecule has 0 spiro atoms. The molecule has 1 saturated heterocycles. The van der Waals surface area contributed by atoms with Crippen LogP contribution in [0.3, 0.4) is 0 Å². The van der Waals surface area contributed by atoms with Crippen molar-refractivity contribution in [3.8, 4) is 12.3 Å². The van der Waals surface area contributed by atoms with Crippen LogP contribution in [-0.2, 0) is 4.79 Å². The van der Waals surface area contributed by atoms with Gasteiger partial charge in [-0.1, -0.05) is 0 Å². The molecule has 1 rings (SSSR count). The topological polar surface area (TPSA) is 58.4 Å². The zero-order valence-corrected chi connectivity index (χ0v) is 9.74. The lowest BCUT2D eigenvalue weighted by molar-refractivity contribution is -0.127. The van der Waals surface area contributed by atoms with Crippen molar-refractivity contribution in [1.29, 1.82) is 0 Å². The molecule has 4 heteroatoms. The lowest BCUT2D eigenvalue weighted by Crippen LogP contribution is -2.29. The number of terminal acetylenes is 1. The molecule has 0 saturated carbocycles. The van der Waals surface area contributed by atoms with Crippen molar-refractivity contribution in [3.63, 3.8) is 0 Å². The maximum absolute atomic E-state index is 11.5. The molecule has 0 bridgehead atoms. The maximum Gasteiger partial charge on any atom is 0.223 e. The molecular weight excluding hydrogens is 202 g/mol. The van der Waals surface area contributed by atoms with E-state index in [9.17, 15) is 4.79 Å². The minimum absolute atomic E-state index is 0.123. The van der Waals surface area contributed by atoms with E-state index in [1.807, 2.05) is 4.90 Å². The number of nitrogens with one attached hydrogen (secondary N) is 1. The Morgan fingerprint density at radius 3 is 2.88 bits per heavy atom. The Morgan fingerprint density at radius 1 is 1.50 bits per heavy atom. The van der Waals surface area contributed by atoms with Crippen LogP contribution >= 0.6 is 0 Å². The fourth-order valence-electron chi connectivity index (χ4n) is 1.85. The third-order valence-electron chi connectivity index (χ3n) is 2.79. The van der Waals surface area contributed by atoms with Gasteiger partial charge in [-0.3, -0.25) is 4.79 Å². The number of hydrogen-bond donors (Lipinski definition) is 2. The number of likely N-dealkylation sites (tertiary alicyclic amines) is 1. The van der Waals surface area contributed by atoms with Crippen LogP contribution in [0.5, 0.6) is 0 Å². The first-order valence-corrected chi connectivity index (χ1v) is 5.92. The first-order chi connectivity index (χ1) is 7.77. The van der Waals surface area contributed by atoms with Crippen molar-refractivity contribution in [2.75, 3.05) is 32.7 Å². The largest absolute Gasteiger partial charge is 0.341 e. The number of nitrogens with two attached hydrogens (primary N) is 1. The smallest absolute Gasteiger partial charge is 0.223 e. The van der Waals surface area contributed by atoms with E-state index in [0.29, 0.717) is 6.42 Å². The predicted octanol–water partition coefficient (Wildman–Crippen LogP) is -0.203. The zero-order valence-electron chi connectivity index (χ0n) is 9.74. The molecule has 1 atom stereocenters. The van der Waals surface area contributed by atoms with Crippen molar-refractivity contribution in [1.82, 2.24) is 10.2 Å². The van der Waals surface area contributed by atoms with Crippen LogP contribution in [0.15, 0.2) is 0 Å². The molecule has 4 nitrogen and oxygen atoms in total. The fourth-order valence-corrected chi connectivity index (χ4v) is 1.85. The molecule has 0 aromatic carbocycles. The first kappa shape index (κ1) is 13.0. The summed E-state index contributed by atoms with van der Waals surface area (Å²) >= 11 is 0. The number of hydrogen-bond acceptors (Lipinski definition) is 3. The summed E-state index contributed by atoms with van der Waals surface area (Å²) in [5, 5.41) is 3.29. The molecule has 1 fully saturated rings. The molecule has 1 aliphatic rings. The SMILES string of the molecule is C#CC1CC(=O)N(CCCNCCCN)C1. The highest BCUT2D eigenvalue weighted by atomic mass is 16.2. The van der Waals surface area contributed by atoms with Gasteiger partial charge in [0, 0.05) is 25.4 Å². The van der Waals surface area contributed by atoms with Gasteiger partial charge >= 0.3 is 0 Å². The number of carbonyl (C=O) groups is 1. The summed E-state index contributed by atoms with van der Waals surface area (Å²) in [5.41, 5.74) is 5.38. The monoisotopic (exact) mass is 223 g/mol. The molecule has 0 aromatic heterocycles. The van der Waals surface area contributed by atoms with Crippen LogP contribution in [0.4, 0.5) is 0 Å². The molecule has 0 aliphatic carbocycles. The molecule has 1 heterocycles. The summed E-state index contributed by atoms with van der Waals surface area (Å²) in [6.07, 6.45) is 7.82. The molecule has 1 unspecified atom stereocenters. The molecule has 16 heavy (non-hydrogen) atoms. The third-order valence-corrected chi connectivity index (χ3v) is 2.79. The summed E-state index contributed by atoms with van der Waals surface area (Å²) in [4.78, 5) is 13.4. The summed E-state index contributed by atoms with van der Waals surface area (Å²) in [6.45, 7) is 4.16. The maximum atomic E-state index is 11.5. The van der Waals surface area contributed by atoms with Crippen LogP contribution in [0.1, 0.15) is 19.3 Å². The van der Waals surface area contributed by atoms with E-state index in [-0.39, 0.29) is 11.8 Å². The number of nitrogens with zero attached hydrogens (tertiary/aromatic N) is 1. The van der Waals surface area contributed by atoms with Crippen molar-refractivity contribution < 1.29 is 4.79 Å². The van der Waals surface area contributed by atoms with Gasteiger partial charge in [-0.25, -0.2) is 0 Å². The van der Waals surface area contributed by atoms with Gasteiger partial charge in [0.05, 0.1) is 0 Å². The van der Waals surface area contributed by atoms with Gasteiger partial charge in [-0.15, -0.1) is 12.3 Å². The van der Waals surface area contributed by atoms with Crippen LogP contribution in [0.2, 0.25) is 0 Å². The second-order valence-electron chi connectivity index (χ2n) is 4.15. The standard InChI is InChI=1S/C12H21N3O/c1-2-11-9-12(16)15(10-11)8-4-7-14-6-3-5-13/h1,11,14H,3-10,13H2. The van der Waals surface area contributed by atoms with E-state index in [1.165, 1.54) is 0 Å². The lowest BCUT2D eigenvalue weighted by atomic mass is 10.1. The average Bonchev–Trinajstić information content (AvgIpc) is 2.65. The van der Waals surface area contributed by atoms with Gasteiger partial charge in [0.15, 0.2) is 0 Å². The van der Waals surface area contributed by atoms with E-state index in [4.69, 9.17) is 12.2 Å². The average molecular weight is 223 g/mol. The molecule has 0 aromatic rings. The van der Waals surface area contributed by atoms with Crippen molar-refractivity contribution in [2.45, 2.75) is 19.3 Å². The number of amides is 1. The summed E-state index contributed by atoms with van der Waals surface area (Å²) in [5.74, 6) is 2.97. The highest BCUT2D eigenvalue weighted by Gasteiger charge is 2.27.